The molecule has 0 amide bonds. The Kier molecular flexibility index (Phi) is 5.23. The lowest BCUT2D eigenvalue weighted by Crippen LogP contribution is -2.07. The molecule has 0 aliphatic heterocycles. The summed E-state index contributed by atoms with van der Waals surface area (Å²) >= 11 is 0. The van der Waals surface area contributed by atoms with Crippen molar-refractivity contribution in [3.8, 4) is 0 Å². The highest BCUT2D eigenvalue weighted by atomic mass is 19.1. The highest BCUT2D eigenvalue weighted by Gasteiger charge is 2.07. The third kappa shape index (κ3) is 4.12. The summed E-state index contributed by atoms with van der Waals surface area (Å²) in [7, 11) is 0. The van der Waals surface area contributed by atoms with Crippen LogP contribution in [0.15, 0.2) is 54.7 Å². The predicted molar refractivity (Wildman–Crippen MR) is 99.6 cm³/mol. The van der Waals surface area contributed by atoms with Gasteiger partial charge in [-0.15, -0.1) is 0 Å². The average molecular weight is 336 g/mol. The predicted octanol–water partition coefficient (Wildman–Crippen LogP) is 4.84. The van der Waals surface area contributed by atoms with Crippen molar-refractivity contribution < 1.29 is 4.39 Å². The van der Waals surface area contributed by atoms with E-state index in [1.165, 1.54) is 17.2 Å². The molecule has 0 radical (unpaired) electrons. The highest BCUT2D eigenvalue weighted by molar-refractivity contribution is 5.65. The van der Waals surface area contributed by atoms with Gasteiger partial charge in [-0.2, -0.15) is 4.98 Å². The Morgan fingerprint density at radius 1 is 1.00 bits per heavy atom. The first kappa shape index (κ1) is 16.9. The fraction of sp³-hybridized carbons (Fsp3) is 0.200. The van der Waals surface area contributed by atoms with E-state index >= 15 is 0 Å². The Balaban J connectivity index is 1.75. The Hall–Kier alpha value is -2.95. The third-order valence-electron chi connectivity index (χ3n) is 4.04. The van der Waals surface area contributed by atoms with Gasteiger partial charge < -0.3 is 10.6 Å². The van der Waals surface area contributed by atoms with Crippen molar-refractivity contribution in [2.75, 3.05) is 10.6 Å². The van der Waals surface area contributed by atoms with Gasteiger partial charge in [0.1, 0.15) is 11.6 Å². The summed E-state index contributed by atoms with van der Waals surface area (Å²) in [6.07, 6.45) is 2.62. The van der Waals surface area contributed by atoms with E-state index in [9.17, 15) is 4.39 Å². The molecule has 0 bridgehead atoms. The molecule has 0 aliphatic carbocycles. The largest absolute Gasteiger partial charge is 0.350 e. The molecule has 4 nitrogen and oxygen atoms in total. The van der Waals surface area contributed by atoms with Crippen LogP contribution in [0.25, 0.3) is 0 Å². The summed E-state index contributed by atoms with van der Waals surface area (Å²) in [6.45, 7) is 4.53. The van der Waals surface area contributed by atoms with Crippen LogP contribution in [0.2, 0.25) is 0 Å². The number of hydrogen-bond donors (Lipinski definition) is 2. The first-order chi connectivity index (χ1) is 12.2. The summed E-state index contributed by atoms with van der Waals surface area (Å²) < 4.78 is 13.7. The molecule has 1 heterocycles. The summed E-state index contributed by atoms with van der Waals surface area (Å²) in [5.41, 5.74) is 4.05. The molecular formula is C20H21FN4. The van der Waals surface area contributed by atoms with Gasteiger partial charge in [-0.1, -0.05) is 43.3 Å². The normalized spacial score (nSPS) is 10.5. The van der Waals surface area contributed by atoms with Gasteiger partial charge in [0.15, 0.2) is 0 Å². The van der Waals surface area contributed by atoms with Crippen LogP contribution < -0.4 is 10.6 Å². The van der Waals surface area contributed by atoms with E-state index in [4.69, 9.17) is 0 Å². The molecule has 0 fully saturated rings. The van der Waals surface area contributed by atoms with Gasteiger partial charge in [-0.05, 0) is 36.6 Å². The SMILES string of the molecule is CCc1cccc(C)c1Nc1ccnc(NCc2ccccc2F)n1. The van der Waals surface area contributed by atoms with Gasteiger partial charge in [0, 0.05) is 24.0 Å². The van der Waals surface area contributed by atoms with Crippen molar-refractivity contribution in [3.63, 3.8) is 0 Å². The van der Waals surface area contributed by atoms with Crippen molar-refractivity contribution in [2.24, 2.45) is 0 Å². The van der Waals surface area contributed by atoms with Crippen molar-refractivity contribution in [1.29, 1.82) is 0 Å². The van der Waals surface area contributed by atoms with Crippen LogP contribution in [0.5, 0.6) is 0 Å². The second kappa shape index (κ2) is 7.75. The number of aryl methyl sites for hydroxylation is 2. The molecule has 0 atom stereocenters. The monoisotopic (exact) mass is 336 g/mol. The Morgan fingerprint density at radius 2 is 1.80 bits per heavy atom. The zero-order valence-corrected chi connectivity index (χ0v) is 14.4. The number of halogens is 1. The maximum absolute atomic E-state index is 13.7. The third-order valence-corrected chi connectivity index (χ3v) is 4.04. The number of benzene rings is 2. The first-order valence-electron chi connectivity index (χ1n) is 8.33. The molecule has 0 spiro atoms. The molecular weight excluding hydrogens is 315 g/mol. The molecule has 25 heavy (non-hydrogen) atoms. The fourth-order valence-corrected chi connectivity index (χ4v) is 2.66. The van der Waals surface area contributed by atoms with Crippen LogP contribution >= 0.6 is 0 Å². The first-order valence-corrected chi connectivity index (χ1v) is 8.33. The van der Waals surface area contributed by atoms with Crippen molar-refractivity contribution in [1.82, 2.24) is 9.97 Å². The highest BCUT2D eigenvalue weighted by Crippen LogP contribution is 2.24. The van der Waals surface area contributed by atoms with E-state index in [0.717, 1.165) is 12.1 Å². The van der Waals surface area contributed by atoms with Crippen LogP contribution in [-0.4, -0.2) is 9.97 Å². The molecule has 2 N–H and O–H groups in total. The van der Waals surface area contributed by atoms with Gasteiger partial charge in [-0.25, -0.2) is 9.37 Å². The standard InChI is InChI=1S/C20H21FN4/c1-3-15-9-6-7-14(2)19(15)24-18-11-12-22-20(25-18)23-13-16-8-4-5-10-17(16)21/h4-12H,3,13H2,1-2H3,(H2,22,23,24,25). The summed E-state index contributed by atoms with van der Waals surface area (Å²) in [5.74, 6) is 0.923. The fourth-order valence-electron chi connectivity index (χ4n) is 2.66. The van der Waals surface area contributed by atoms with Crippen LogP contribution in [0.1, 0.15) is 23.6 Å². The van der Waals surface area contributed by atoms with Gasteiger partial charge in [0.25, 0.3) is 0 Å². The van der Waals surface area contributed by atoms with Gasteiger partial charge >= 0.3 is 0 Å². The molecule has 5 heteroatoms. The van der Waals surface area contributed by atoms with Crippen LogP contribution in [0.4, 0.5) is 21.8 Å². The maximum Gasteiger partial charge on any atom is 0.224 e. The number of rotatable bonds is 6. The summed E-state index contributed by atoms with van der Waals surface area (Å²) in [4.78, 5) is 8.68. The Bertz CT molecular complexity index is 864. The summed E-state index contributed by atoms with van der Waals surface area (Å²) in [5, 5.41) is 6.45. The molecule has 1 aromatic heterocycles. The molecule has 0 saturated carbocycles. The lowest BCUT2D eigenvalue weighted by Gasteiger charge is -2.14. The topological polar surface area (TPSA) is 49.8 Å². The molecule has 3 rings (SSSR count). The second-order valence-electron chi connectivity index (χ2n) is 5.80. The van der Waals surface area contributed by atoms with Gasteiger partial charge in [-0.3, -0.25) is 0 Å². The maximum atomic E-state index is 13.7. The zero-order chi connectivity index (χ0) is 17.6. The van der Waals surface area contributed by atoms with E-state index in [1.54, 1.807) is 18.3 Å². The Labute approximate surface area is 147 Å². The van der Waals surface area contributed by atoms with Crippen LogP contribution in [0.3, 0.4) is 0 Å². The van der Waals surface area contributed by atoms with E-state index in [2.05, 4.69) is 52.6 Å². The smallest absolute Gasteiger partial charge is 0.224 e. The number of anilines is 3. The van der Waals surface area contributed by atoms with Crippen molar-refractivity contribution in [2.45, 2.75) is 26.8 Å². The molecule has 0 saturated heterocycles. The number of nitrogens with one attached hydrogen (secondary N) is 2. The Morgan fingerprint density at radius 3 is 2.60 bits per heavy atom. The minimum atomic E-state index is -0.239. The second-order valence-corrected chi connectivity index (χ2v) is 5.80. The minimum absolute atomic E-state index is 0.239. The molecule has 128 valence electrons. The lowest BCUT2D eigenvalue weighted by atomic mass is 10.1. The molecule has 2 aromatic carbocycles. The van der Waals surface area contributed by atoms with E-state index < -0.39 is 0 Å². The number of hydrogen-bond acceptors (Lipinski definition) is 4. The molecule has 0 unspecified atom stereocenters. The minimum Gasteiger partial charge on any atom is -0.350 e. The number of para-hydroxylation sites is 1. The zero-order valence-electron chi connectivity index (χ0n) is 14.4. The molecule has 3 aromatic rings. The lowest BCUT2D eigenvalue weighted by molar-refractivity contribution is 0.612. The number of nitrogens with zero attached hydrogens (tertiary/aromatic N) is 2. The van der Waals surface area contributed by atoms with E-state index in [0.29, 0.717) is 23.9 Å². The van der Waals surface area contributed by atoms with Crippen molar-refractivity contribution >= 4 is 17.5 Å². The summed E-state index contributed by atoms with van der Waals surface area (Å²) in [6, 6.07) is 14.7. The number of aromatic nitrogens is 2. The van der Waals surface area contributed by atoms with Crippen LogP contribution in [0, 0.1) is 12.7 Å². The average Bonchev–Trinajstić information content (AvgIpc) is 2.63. The van der Waals surface area contributed by atoms with E-state index in [1.807, 2.05) is 12.1 Å². The van der Waals surface area contributed by atoms with Crippen molar-refractivity contribution in [3.05, 3.63) is 77.2 Å². The van der Waals surface area contributed by atoms with Gasteiger partial charge in [0.2, 0.25) is 5.95 Å². The quantitative estimate of drug-likeness (QED) is 0.676. The van der Waals surface area contributed by atoms with Gasteiger partial charge in [0.05, 0.1) is 0 Å². The van der Waals surface area contributed by atoms with Crippen LogP contribution in [-0.2, 0) is 13.0 Å². The van der Waals surface area contributed by atoms with E-state index in [-0.39, 0.29) is 5.82 Å². The molecule has 0 aliphatic rings.